The van der Waals surface area contributed by atoms with Crippen molar-refractivity contribution in [2.45, 2.75) is 0 Å². The van der Waals surface area contributed by atoms with E-state index in [2.05, 4.69) is 126 Å². The van der Waals surface area contributed by atoms with Crippen LogP contribution in [0.5, 0.6) is 0 Å². The number of imidazole rings is 1. The Bertz CT molecular complexity index is 2230. The van der Waals surface area contributed by atoms with Crippen LogP contribution >= 0.6 is 6.04 Å². The minimum Gasteiger partial charge on any atom is -0.291 e. The van der Waals surface area contributed by atoms with Gasteiger partial charge in [0.05, 0.1) is 22.2 Å². The molecule has 8 aromatic rings. The molecule has 0 aliphatic rings. The van der Waals surface area contributed by atoms with E-state index in [9.17, 15) is 0 Å². The second-order valence-electron chi connectivity index (χ2n) is 10.2. The Morgan fingerprint density at radius 2 is 1.17 bits per heavy atom. The lowest BCUT2D eigenvalue weighted by Gasteiger charge is -2.24. The molecule has 0 fully saturated rings. The van der Waals surface area contributed by atoms with Crippen molar-refractivity contribution in [3.63, 3.8) is 0 Å². The highest BCUT2D eigenvalue weighted by Crippen LogP contribution is 2.43. The van der Waals surface area contributed by atoms with E-state index in [1.807, 2.05) is 24.4 Å². The molecule has 5 aromatic carbocycles. The predicted molar refractivity (Wildman–Crippen MR) is 177 cm³/mol. The van der Waals surface area contributed by atoms with Crippen LogP contribution in [0.3, 0.4) is 0 Å². The average molecular weight is 562 g/mol. The minimum atomic E-state index is -2.27. The maximum Gasteiger partial charge on any atom is 0.146 e. The lowest BCUT2D eigenvalue weighted by Crippen LogP contribution is -2.25. The van der Waals surface area contributed by atoms with E-state index in [0.29, 0.717) is 0 Å². The number of aromatic nitrogens is 3. The van der Waals surface area contributed by atoms with Crippen LogP contribution in [0.1, 0.15) is 0 Å². The van der Waals surface area contributed by atoms with Crippen molar-refractivity contribution in [3.8, 4) is 11.3 Å². The maximum absolute atomic E-state index is 6.55. The van der Waals surface area contributed by atoms with Crippen molar-refractivity contribution in [3.05, 3.63) is 146 Å². The Balaban J connectivity index is 1.39. The smallest absolute Gasteiger partial charge is 0.146 e. The van der Waals surface area contributed by atoms with Gasteiger partial charge in [-0.3, -0.25) is 9.38 Å². The normalized spacial score (nSPS) is 12.0. The van der Waals surface area contributed by atoms with Crippen LogP contribution in [0.25, 0.3) is 49.6 Å². The summed E-state index contributed by atoms with van der Waals surface area (Å²) >= 11 is 6.55. The molecule has 3 heterocycles. The van der Waals surface area contributed by atoms with E-state index in [1.54, 1.807) is 0 Å². The van der Waals surface area contributed by atoms with Gasteiger partial charge in [0.15, 0.2) is 0 Å². The van der Waals surface area contributed by atoms with Crippen molar-refractivity contribution in [1.82, 2.24) is 14.4 Å². The van der Waals surface area contributed by atoms with Crippen molar-refractivity contribution in [1.29, 1.82) is 0 Å². The average Bonchev–Trinajstić information content (AvgIpc) is 3.45. The number of benzene rings is 5. The third-order valence-corrected chi connectivity index (χ3v) is 12.8. The number of pyridine rings is 2. The molecule has 194 valence electrons. The molecule has 0 aliphatic carbocycles. The quantitative estimate of drug-likeness (QED) is 0.164. The lowest BCUT2D eigenvalue weighted by molar-refractivity contribution is 1.29. The molecule has 0 unspecified atom stereocenters. The van der Waals surface area contributed by atoms with E-state index in [0.717, 1.165) is 44.1 Å². The maximum atomic E-state index is 6.55. The molecule has 0 radical (unpaired) electrons. The van der Waals surface area contributed by atoms with Gasteiger partial charge in [0.25, 0.3) is 0 Å². The summed E-state index contributed by atoms with van der Waals surface area (Å²) in [7, 11) is 0. The van der Waals surface area contributed by atoms with Gasteiger partial charge >= 0.3 is 0 Å². The number of para-hydroxylation sites is 3. The largest absolute Gasteiger partial charge is 0.291 e. The van der Waals surface area contributed by atoms with E-state index in [-0.39, 0.29) is 0 Å². The van der Waals surface area contributed by atoms with Gasteiger partial charge in [0, 0.05) is 33.9 Å². The number of rotatable bonds is 4. The molecular weight excluding hydrogens is 537 g/mol. The number of nitrogens with zero attached hydrogens (tertiary/aromatic N) is 3. The van der Waals surface area contributed by atoms with Crippen molar-refractivity contribution < 1.29 is 0 Å². The SMILES string of the molecule is S=P(c1ccccc1)(c1ccccc1)c1ccc(-c2cccc3c4ccccc4c4nc5ccccc5n4c23)nc1. The summed E-state index contributed by atoms with van der Waals surface area (Å²) in [4.78, 5) is 10.2. The summed E-state index contributed by atoms with van der Waals surface area (Å²) in [5, 5.41) is 6.92. The van der Waals surface area contributed by atoms with Crippen LogP contribution < -0.4 is 15.9 Å². The van der Waals surface area contributed by atoms with Gasteiger partial charge in [-0.2, -0.15) is 0 Å². The summed E-state index contributed by atoms with van der Waals surface area (Å²) in [5.41, 5.74) is 6.13. The number of hydrogen-bond acceptors (Lipinski definition) is 3. The van der Waals surface area contributed by atoms with Crippen LogP contribution in [-0.2, 0) is 11.8 Å². The van der Waals surface area contributed by atoms with Crippen molar-refractivity contribution in [2.24, 2.45) is 0 Å². The van der Waals surface area contributed by atoms with Gasteiger partial charge in [-0.15, -0.1) is 0 Å². The standard InChI is InChI=1S/C36H24N3PS/c41-40(25-12-3-1-4-13-25,26-14-5-2-6-15-26)27-22-23-32(37-24-27)31-19-11-18-29-28-16-7-8-17-30(28)36-38-33-20-9-10-21-34(33)39(36)35(29)31/h1-24H. The molecule has 8 rings (SSSR count). The summed E-state index contributed by atoms with van der Waals surface area (Å²) < 4.78 is 2.30. The Morgan fingerprint density at radius 1 is 0.537 bits per heavy atom. The first-order valence-electron chi connectivity index (χ1n) is 13.6. The minimum absolute atomic E-state index is 0.913. The molecule has 0 N–H and O–H groups in total. The van der Waals surface area contributed by atoms with Crippen molar-refractivity contribution in [2.75, 3.05) is 0 Å². The van der Waals surface area contributed by atoms with E-state index in [1.165, 1.54) is 21.4 Å². The molecule has 0 aliphatic heterocycles. The van der Waals surface area contributed by atoms with Crippen LogP contribution in [0, 0.1) is 0 Å². The first-order valence-corrected chi connectivity index (χ1v) is 16.4. The van der Waals surface area contributed by atoms with Gasteiger partial charge in [-0.05, 0) is 40.3 Å². The Morgan fingerprint density at radius 3 is 1.88 bits per heavy atom. The fourth-order valence-electron chi connectivity index (χ4n) is 6.01. The monoisotopic (exact) mass is 561 g/mol. The van der Waals surface area contributed by atoms with Gasteiger partial charge in [-0.1, -0.05) is 127 Å². The third-order valence-electron chi connectivity index (χ3n) is 7.91. The zero-order valence-corrected chi connectivity index (χ0v) is 23.8. The Kier molecular flexibility index (Phi) is 5.60. The molecule has 0 atom stereocenters. The highest BCUT2D eigenvalue weighted by Gasteiger charge is 2.25. The summed E-state index contributed by atoms with van der Waals surface area (Å²) in [5.74, 6) is 0. The molecule has 3 aromatic heterocycles. The van der Waals surface area contributed by atoms with Gasteiger partial charge in [0.2, 0.25) is 0 Å². The Hall–Kier alpha value is -4.63. The molecule has 5 heteroatoms. The van der Waals surface area contributed by atoms with Crippen molar-refractivity contribution >= 4 is 72.1 Å². The summed E-state index contributed by atoms with van der Waals surface area (Å²) in [6.45, 7) is 0. The van der Waals surface area contributed by atoms with Gasteiger partial charge in [-0.25, -0.2) is 4.98 Å². The highest BCUT2D eigenvalue weighted by molar-refractivity contribution is 8.25. The van der Waals surface area contributed by atoms with E-state index >= 15 is 0 Å². The lowest BCUT2D eigenvalue weighted by atomic mass is 10.0. The number of hydrogen-bond donors (Lipinski definition) is 0. The molecule has 41 heavy (non-hydrogen) atoms. The first-order chi connectivity index (χ1) is 20.2. The summed E-state index contributed by atoms with van der Waals surface area (Å²) in [6, 6.07) is 46.4. The second-order valence-corrected chi connectivity index (χ2v) is 14.6. The topological polar surface area (TPSA) is 30.2 Å². The first kappa shape index (κ1) is 24.2. The van der Waals surface area contributed by atoms with Crippen LogP contribution in [0.4, 0.5) is 0 Å². The zero-order valence-electron chi connectivity index (χ0n) is 22.1. The van der Waals surface area contributed by atoms with Crippen LogP contribution in [0.2, 0.25) is 0 Å². The fourth-order valence-corrected chi connectivity index (χ4v) is 9.65. The van der Waals surface area contributed by atoms with Gasteiger partial charge < -0.3 is 0 Å². The van der Waals surface area contributed by atoms with E-state index < -0.39 is 6.04 Å². The molecule has 0 amide bonds. The predicted octanol–water partition coefficient (Wildman–Crippen LogP) is 7.61. The molecule has 0 spiro atoms. The molecular formula is C36H24N3PS. The van der Waals surface area contributed by atoms with Gasteiger partial charge in [0.1, 0.15) is 5.65 Å². The molecule has 0 bridgehead atoms. The molecule has 3 nitrogen and oxygen atoms in total. The third kappa shape index (κ3) is 3.69. The number of fused-ring (bicyclic) bond motifs is 8. The molecule has 0 saturated heterocycles. The van der Waals surface area contributed by atoms with Crippen LogP contribution in [0.15, 0.2) is 146 Å². The van der Waals surface area contributed by atoms with E-state index in [4.69, 9.17) is 21.8 Å². The zero-order chi connectivity index (χ0) is 27.4. The molecule has 0 saturated carbocycles. The fraction of sp³-hybridized carbons (Fsp3) is 0. The Labute approximate surface area is 242 Å². The summed E-state index contributed by atoms with van der Waals surface area (Å²) in [6.07, 6.45) is 2.00. The second kappa shape index (κ2) is 9.49. The highest BCUT2D eigenvalue weighted by atomic mass is 32.4. The van der Waals surface area contributed by atoms with Crippen LogP contribution in [-0.4, -0.2) is 14.4 Å².